The van der Waals surface area contributed by atoms with E-state index < -0.39 is 0 Å². The molecule has 5 nitrogen and oxygen atoms in total. The van der Waals surface area contributed by atoms with E-state index in [0.717, 1.165) is 49.7 Å². The fourth-order valence-corrected chi connectivity index (χ4v) is 4.64. The molecule has 2 heterocycles. The summed E-state index contributed by atoms with van der Waals surface area (Å²) in [5.41, 5.74) is 2.57. The molecule has 1 saturated heterocycles. The third kappa shape index (κ3) is 5.14. The number of rotatable bonds is 9. The van der Waals surface area contributed by atoms with Crippen molar-refractivity contribution in [3.05, 3.63) is 82.4 Å². The smallest absolute Gasteiger partial charge is 0.199 e. The first-order valence-electron chi connectivity index (χ1n) is 11.4. The summed E-state index contributed by atoms with van der Waals surface area (Å²) in [6, 6.07) is 21.2. The molecule has 3 aromatic rings. The van der Waals surface area contributed by atoms with E-state index >= 15 is 0 Å². The second-order valence-electron chi connectivity index (χ2n) is 8.76. The number of nitrogens with zero attached hydrogens (tertiary/aromatic N) is 4. The van der Waals surface area contributed by atoms with Crippen LogP contribution in [-0.2, 0) is 24.5 Å². The van der Waals surface area contributed by atoms with E-state index in [0.29, 0.717) is 18.7 Å². The predicted octanol–water partition coefficient (Wildman–Crippen LogP) is 4.98. The first-order chi connectivity index (χ1) is 15.3. The van der Waals surface area contributed by atoms with Gasteiger partial charge in [-0.3, -0.25) is 9.47 Å². The predicted molar refractivity (Wildman–Crippen MR) is 124 cm³/mol. The van der Waals surface area contributed by atoms with Gasteiger partial charge in [0.2, 0.25) is 0 Å². The highest BCUT2D eigenvalue weighted by Crippen LogP contribution is 2.39. The number of hydrogen-bond donors (Lipinski definition) is 0. The molecule has 1 atom stereocenters. The fraction of sp³-hybridized carbons (Fsp3) is 0.440. The lowest BCUT2D eigenvalue weighted by atomic mass is 10.2. The maximum Gasteiger partial charge on any atom is 0.199 e. The molecule has 0 amide bonds. The molecule has 1 aromatic heterocycles. The maximum absolute atomic E-state index is 5.94. The zero-order valence-corrected chi connectivity index (χ0v) is 18.7. The lowest BCUT2D eigenvalue weighted by molar-refractivity contribution is 0.0566. The zero-order chi connectivity index (χ0) is 21.0. The zero-order valence-electron chi connectivity index (χ0n) is 17.9. The Bertz CT molecular complexity index is 1040. The van der Waals surface area contributed by atoms with Crippen LogP contribution in [0.2, 0.25) is 0 Å². The van der Waals surface area contributed by atoms with Gasteiger partial charge in [0.05, 0.1) is 19.3 Å². The van der Waals surface area contributed by atoms with E-state index in [1.165, 1.54) is 24.0 Å². The third-order valence-corrected chi connectivity index (χ3v) is 6.58. The van der Waals surface area contributed by atoms with E-state index in [2.05, 4.69) is 70.1 Å². The van der Waals surface area contributed by atoms with Crippen LogP contribution in [0.1, 0.15) is 48.6 Å². The minimum absolute atomic E-state index is 0.298. The monoisotopic (exact) mass is 434 g/mol. The quantitative estimate of drug-likeness (QED) is 0.445. The van der Waals surface area contributed by atoms with Crippen molar-refractivity contribution in [2.45, 2.75) is 57.5 Å². The summed E-state index contributed by atoms with van der Waals surface area (Å²) in [6.07, 6.45) is 5.01. The van der Waals surface area contributed by atoms with Gasteiger partial charge in [-0.15, -0.1) is 0 Å². The van der Waals surface area contributed by atoms with E-state index in [1.54, 1.807) is 0 Å². The summed E-state index contributed by atoms with van der Waals surface area (Å²) in [5, 5.41) is 5.02. The molecular weight excluding hydrogens is 404 g/mol. The molecule has 5 rings (SSSR count). The van der Waals surface area contributed by atoms with Gasteiger partial charge in [0, 0.05) is 25.6 Å². The second kappa shape index (κ2) is 9.47. The van der Waals surface area contributed by atoms with Crippen LogP contribution in [0.15, 0.2) is 60.7 Å². The number of aromatic nitrogens is 3. The van der Waals surface area contributed by atoms with Crippen LogP contribution in [-0.4, -0.2) is 38.5 Å². The normalized spacial score (nSPS) is 18.7. The molecular formula is C25H30N4OS. The molecule has 162 valence electrons. The summed E-state index contributed by atoms with van der Waals surface area (Å²) in [5.74, 6) is 1.69. The van der Waals surface area contributed by atoms with Gasteiger partial charge in [-0.2, -0.15) is 5.10 Å². The van der Waals surface area contributed by atoms with Crippen LogP contribution >= 0.6 is 12.2 Å². The van der Waals surface area contributed by atoms with Crippen molar-refractivity contribution < 1.29 is 4.74 Å². The van der Waals surface area contributed by atoms with Gasteiger partial charge in [-0.1, -0.05) is 60.7 Å². The Hall–Kier alpha value is -2.28. The number of benzene rings is 2. The van der Waals surface area contributed by atoms with Gasteiger partial charge in [0.25, 0.3) is 0 Å². The topological polar surface area (TPSA) is 35.2 Å². The highest BCUT2D eigenvalue weighted by atomic mass is 32.1. The molecule has 6 heteroatoms. The van der Waals surface area contributed by atoms with E-state index in [4.69, 9.17) is 22.1 Å². The van der Waals surface area contributed by atoms with Crippen molar-refractivity contribution in [2.75, 3.05) is 13.2 Å². The van der Waals surface area contributed by atoms with Gasteiger partial charge in [0.15, 0.2) is 4.77 Å². The Labute approximate surface area is 189 Å². The van der Waals surface area contributed by atoms with Crippen molar-refractivity contribution >= 4 is 12.2 Å². The second-order valence-corrected chi connectivity index (χ2v) is 9.13. The lowest BCUT2D eigenvalue weighted by Crippen LogP contribution is -2.34. The summed E-state index contributed by atoms with van der Waals surface area (Å²) in [7, 11) is 0. The molecule has 2 aromatic carbocycles. The molecule has 2 fully saturated rings. The molecule has 0 N–H and O–H groups in total. The van der Waals surface area contributed by atoms with Crippen molar-refractivity contribution in [3.8, 4) is 0 Å². The van der Waals surface area contributed by atoms with Crippen LogP contribution in [0.4, 0.5) is 0 Å². The molecule has 1 aliphatic carbocycles. The van der Waals surface area contributed by atoms with Gasteiger partial charge < -0.3 is 4.74 Å². The molecule has 0 spiro atoms. The third-order valence-electron chi connectivity index (χ3n) is 6.15. The van der Waals surface area contributed by atoms with Gasteiger partial charge >= 0.3 is 0 Å². The van der Waals surface area contributed by atoms with Crippen molar-refractivity contribution in [3.63, 3.8) is 0 Å². The first kappa shape index (κ1) is 20.6. The van der Waals surface area contributed by atoms with Crippen molar-refractivity contribution in [1.82, 2.24) is 19.2 Å². The standard InChI is InChI=1S/C25H30N4OS/c31-25-28(17-21-10-5-2-6-11-21)24(22-13-14-22)26-29(25)19-27(18-23-12-7-15-30-23)16-20-8-3-1-4-9-20/h1-6,8-11,22-23H,7,12-19H2. The minimum atomic E-state index is 0.298. The Morgan fingerprint density at radius 3 is 2.32 bits per heavy atom. The molecule has 1 saturated carbocycles. The SMILES string of the molecule is S=c1n(CN(Cc2ccccc2)CC2CCCO2)nc(C2CC2)n1Cc1ccccc1. The lowest BCUT2D eigenvalue weighted by Gasteiger charge is -2.25. The van der Waals surface area contributed by atoms with Gasteiger partial charge in [-0.25, -0.2) is 4.68 Å². The summed E-state index contributed by atoms with van der Waals surface area (Å²) >= 11 is 5.93. The van der Waals surface area contributed by atoms with Crippen LogP contribution < -0.4 is 0 Å². The van der Waals surface area contributed by atoms with Crippen LogP contribution in [0.25, 0.3) is 0 Å². The molecule has 0 radical (unpaired) electrons. The largest absolute Gasteiger partial charge is 0.377 e. The maximum atomic E-state index is 5.94. The van der Waals surface area contributed by atoms with Crippen LogP contribution in [0, 0.1) is 4.77 Å². The van der Waals surface area contributed by atoms with E-state index in [1.807, 2.05) is 4.68 Å². The average Bonchev–Trinajstić information content (AvgIpc) is 3.43. The van der Waals surface area contributed by atoms with Gasteiger partial charge in [0.1, 0.15) is 5.82 Å². The highest BCUT2D eigenvalue weighted by Gasteiger charge is 2.30. The number of ether oxygens (including phenoxy) is 1. The molecule has 0 bridgehead atoms. The van der Waals surface area contributed by atoms with Crippen LogP contribution in [0.3, 0.4) is 0 Å². The van der Waals surface area contributed by atoms with Crippen molar-refractivity contribution in [2.24, 2.45) is 0 Å². The molecule has 1 aliphatic heterocycles. The fourth-order valence-electron chi connectivity index (χ4n) is 4.39. The van der Waals surface area contributed by atoms with E-state index in [9.17, 15) is 0 Å². The van der Waals surface area contributed by atoms with Gasteiger partial charge in [-0.05, 0) is 49.0 Å². The van der Waals surface area contributed by atoms with E-state index in [-0.39, 0.29) is 0 Å². The first-order valence-corrected chi connectivity index (χ1v) is 11.8. The summed E-state index contributed by atoms with van der Waals surface area (Å²) in [4.78, 5) is 2.43. The minimum Gasteiger partial charge on any atom is -0.377 e. The van der Waals surface area contributed by atoms with Crippen molar-refractivity contribution in [1.29, 1.82) is 0 Å². The Morgan fingerprint density at radius 2 is 1.68 bits per heavy atom. The van der Waals surface area contributed by atoms with Crippen LogP contribution in [0.5, 0.6) is 0 Å². The average molecular weight is 435 g/mol. The Morgan fingerprint density at radius 1 is 0.968 bits per heavy atom. The molecule has 2 aliphatic rings. The summed E-state index contributed by atoms with van der Waals surface area (Å²) in [6.45, 7) is 4.12. The highest BCUT2D eigenvalue weighted by molar-refractivity contribution is 7.71. The Kier molecular flexibility index (Phi) is 6.30. The summed E-state index contributed by atoms with van der Waals surface area (Å²) < 4.78 is 11.0. The Balaban J connectivity index is 1.40. The number of hydrogen-bond acceptors (Lipinski definition) is 4. The molecule has 31 heavy (non-hydrogen) atoms. The molecule has 1 unspecified atom stereocenters.